The van der Waals surface area contributed by atoms with Crippen molar-refractivity contribution < 1.29 is 13.6 Å². The first-order valence-corrected chi connectivity index (χ1v) is 6.42. The second kappa shape index (κ2) is 4.88. The lowest BCUT2D eigenvalue weighted by Crippen LogP contribution is -2.42. The van der Waals surface area contributed by atoms with Gasteiger partial charge in [-0.1, -0.05) is 0 Å². The van der Waals surface area contributed by atoms with Gasteiger partial charge in [-0.15, -0.1) is 0 Å². The number of alkyl halides is 2. The molecule has 0 atom stereocenters. The van der Waals surface area contributed by atoms with Crippen LogP contribution in [0.15, 0.2) is 0 Å². The summed E-state index contributed by atoms with van der Waals surface area (Å²) in [5.41, 5.74) is 5.49. The summed E-state index contributed by atoms with van der Waals surface area (Å²) in [5.74, 6) is -2.72. The zero-order chi connectivity index (χ0) is 12.5. The van der Waals surface area contributed by atoms with E-state index in [1.165, 1.54) is 0 Å². The van der Waals surface area contributed by atoms with Gasteiger partial charge in [0.15, 0.2) is 0 Å². The Morgan fingerprint density at radius 3 is 2.29 bits per heavy atom. The molecule has 3 nitrogen and oxygen atoms in total. The third-order valence-corrected chi connectivity index (χ3v) is 3.71. The molecule has 2 aliphatic rings. The molecule has 0 aromatic carbocycles. The molecule has 0 bridgehead atoms. The Balaban J connectivity index is 1.90. The fraction of sp³-hybridized carbons (Fsp3) is 0.917. The van der Waals surface area contributed by atoms with Crippen LogP contribution in [0.4, 0.5) is 8.78 Å². The molecule has 98 valence electrons. The molecule has 17 heavy (non-hydrogen) atoms. The molecule has 0 unspecified atom stereocenters. The molecule has 0 spiro atoms. The number of rotatable bonds is 4. The molecule has 2 saturated carbocycles. The lowest BCUT2D eigenvalue weighted by atomic mass is 9.86. The molecular formula is C12H20F2N2O. The zero-order valence-corrected chi connectivity index (χ0v) is 10.0. The van der Waals surface area contributed by atoms with Gasteiger partial charge in [0.25, 0.3) is 0 Å². The maximum Gasteiger partial charge on any atom is 0.248 e. The third-order valence-electron chi connectivity index (χ3n) is 3.71. The summed E-state index contributed by atoms with van der Waals surface area (Å²) >= 11 is 0. The Labute approximate surface area is 100 Å². The maximum atomic E-state index is 13.0. The van der Waals surface area contributed by atoms with Gasteiger partial charge in [0.05, 0.1) is 0 Å². The van der Waals surface area contributed by atoms with Crippen LogP contribution in [-0.2, 0) is 4.79 Å². The van der Waals surface area contributed by atoms with Crippen molar-refractivity contribution in [3.63, 3.8) is 0 Å². The van der Waals surface area contributed by atoms with Crippen LogP contribution in [0, 0.1) is 5.92 Å². The van der Waals surface area contributed by atoms with Gasteiger partial charge in [-0.05, 0) is 25.7 Å². The highest BCUT2D eigenvalue weighted by atomic mass is 19.3. The molecule has 2 aliphatic carbocycles. The summed E-state index contributed by atoms with van der Waals surface area (Å²) in [4.78, 5) is 14.0. The van der Waals surface area contributed by atoms with Crippen molar-refractivity contribution >= 4 is 5.91 Å². The van der Waals surface area contributed by atoms with E-state index in [0.29, 0.717) is 32.0 Å². The first-order valence-electron chi connectivity index (χ1n) is 6.42. The van der Waals surface area contributed by atoms with Gasteiger partial charge >= 0.3 is 0 Å². The zero-order valence-electron chi connectivity index (χ0n) is 10.0. The van der Waals surface area contributed by atoms with Gasteiger partial charge in [-0.3, -0.25) is 4.79 Å². The standard InChI is InChI=1S/C12H20F2N2O/c13-12(14)5-3-9(4-6-12)11(17)16(8-7-15)10-1-2-10/h9-10H,1-8,15H2. The van der Waals surface area contributed by atoms with Gasteiger partial charge in [-0.25, -0.2) is 8.78 Å². The molecule has 2 N–H and O–H groups in total. The van der Waals surface area contributed by atoms with Crippen molar-refractivity contribution in [3.8, 4) is 0 Å². The van der Waals surface area contributed by atoms with Crippen LogP contribution in [0.2, 0.25) is 0 Å². The highest BCUT2D eigenvalue weighted by Gasteiger charge is 2.41. The van der Waals surface area contributed by atoms with Crippen LogP contribution in [0.3, 0.4) is 0 Å². The SMILES string of the molecule is NCCN(C(=O)C1CCC(F)(F)CC1)C1CC1. The van der Waals surface area contributed by atoms with Gasteiger partial charge in [-0.2, -0.15) is 0 Å². The average molecular weight is 246 g/mol. The summed E-state index contributed by atoms with van der Waals surface area (Å²) in [6, 6.07) is 0.327. The maximum absolute atomic E-state index is 13.0. The van der Waals surface area contributed by atoms with Crippen LogP contribution in [0.5, 0.6) is 0 Å². The van der Waals surface area contributed by atoms with E-state index in [0.717, 1.165) is 12.8 Å². The van der Waals surface area contributed by atoms with Crippen LogP contribution in [0.1, 0.15) is 38.5 Å². The highest BCUT2D eigenvalue weighted by molar-refractivity contribution is 5.79. The normalized spacial score (nSPS) is 24.6. The molecule has 0 saturated heterocycles. The second-order valence-electron chi connectivity index (χ2n) is 5.18. The minimum absolute atomic E-state index is 0.0495. The first-order chi connectivity index (χ1) is 8.03. The molecule has 0 aromatic heterocycles. The van der Waals surface area contributed by atoms with Gasteiger partial charge < -0.3 is 10.6 Å². The number of halogens is 2. The van der Waals surface area contributed by atoms with E-state index in [9.17, 15) is 13.6 Å². The van der Waals surface area contributed by atoms with Crippen molar-refractivity contribution in [2.24, 2.45) is 11.7 Å². The monoisotopic (exact) mass is 246 g/mol. The molecule has 0 heterocycles. The molecule has 0 aromatic rings. The van der Waals surface area contributed by atoms with Crippen molar-refractivity contribution in [1.29, 1.82) is 0 Å². The van der Waals surface area contributed by atoms with E-state index in [1.54, 1.807) is 0 Å². The largest absolute Gasteiger partial charge is 0.338 e. The van der Waals surface area contributed by atoms with E-state index in [1.807, 2.05) is 4.90 Å². The second-order valence-corrected chi connectivity index (χ2v) is 5.18. The van der Waals surface area contributed by atoms with E-state index in [4.69, 9.17) is 5.73 Å². The van der Waals surface area contributed by atoms with E-state index >= 15 is 0 Å². The minimum Gasteiger partial charge on any atom is -0.338 e. The minimum atomic E-state index is -2.56. The number of carbonyl (C=O) groups is 1. The summed E-state index contributed by atoms with van der Waals surface area (Å²) < 4.78 is 26.0. The van der Waals surface area contributed by atoms with Crippen molar-refractivity contribution in [3.05, 3.63) is 0 Å². The summed E-state index contributed by atoms with van der Waals surface area (Å²) in [5, 5.41) is 0. The van der Waals surface area contributed by atoms with E-state index in [2.05, 4.69) is 0 Å². The molecule has 2 rings (SSSR count). The van der Waals surface area contributed by atoms with Gasteiger partial charge in [0, 0.05) is 37.9 Å². The first kappa shape index (κ1) is 12.7. The quantitative estimate of drug-likeness (QED) is 0.821. The molecule has 1 amide bonds. The number of nitrogens with zero attached hydrogens (tertiary/aromatic N) is 1. The number of nitrogens with two attached hydrogens (primary N) is 1. The Morgan fingerprint density at radius 1 is 1.24 bits per heavy atom. The summed E-state index contributed by atoms with van der Waals surface area (Å²) in [6.45, 7) is 1.02. The molecule has 5 heteroatoms. The fourth-order valence-corrected chi connectivity index (χ4v) is 2.52. The highest BCUT2D eigenvalue weighted by Crippen LogP contribution is 2.38. The summed E-state index contributed by atoms with van der Waals surface area (Å²) in [6.07, 6.45) is 2.41. The summed E-state index contributed by atoms with van der Waals surface area (Å²) in [7, 11) is 0. The fourth-order valence-electron chi connectivity index (χ4n) is 2.52. The Kier molecular flexibility index (Phi) is 3.66. The third kappa shape index (κ3) is 3.15. The van der Waals surface area contributed by atoms with Crippen molar-refractivity contribution in [2.45, 2.75) is 50.5 Å². The van der Waals surface area contributed by atoms with Crippen LogP contribution in [0.25, 0.3) is 0 Å². The topological polar surface area (TPSA) is 46.3 Å². The number of hydrogen-bond donors (Lipinski definition) is 1. The van der Waals surface area contributed by atoms with E-state index in [-0.39, 0.29) is 24.7 Å². The molecule has 0 aliphatic heterocycles. The number of carbonyl (C=O) groups excluding carboxylic acids is 1. The Hall–Kier alpha value is -0.710. The Bertz CT molecular complexity index is 282. The average Bonchev–Trinajstić information content (AvgIpc) is 3.09. The van der Waals surface area contributed by atoms with Crippen LogP contribution in [-0.4, -0.2) is 35.9 Å². The molecule has 2 fully saturated rings. The smallest absolute Gasteiger partial charge is 0.248 e. The predicted octanol–water partition coefficient (Wildman–Crippen LogP) is 1.76. The van der Waals surface area contributed by atoms with Crippen molar-refractivity contribution in [2.75, 3.05) is 13.1 Å². The van der Waals surface area contributed by atoms with Crippen molar-refractivity contribution in [1.82, 2.24) is 4.90 Å². The lowest BCUT2D eigenvalue weighted by Gasteiger charge is -2.32. The van der Waals surface area contributed by atoms with Crippen LogP contribution >= 0.6 is 0 Å². The number of amides is 1. The number of hydrogen-bond acceptors (Lipinski definition) is 2. The van der Waals surface area contributed by atoms with Gasteiger partial charge in [0.2, 0.25) is 11.8 Å². The predicted molar refractivity (Wildman–Crippen MR) is 60.7 cm³/mol. The lowest BCUT2D eigenvalue weighted by molar-refractivity contribution is -0.140. The van der Waals surface area contributed by atoms with Gasteiger partial charge in [0.1, 0.15) is 0 Å². The Morgan fingerprint density at radius 2 is 1.82 bits per heavy atom. The van der Waals surface area contributed by atoms with Crippen LogP contribution < -0.4 is 5.73 Å². The van der Waals surface area contributed by atoms with E-state index < -0.39 is 5.92 Å². The molecular weight excluding hydrogens is 226 g/mol. The molecule has 0 radical (unpaired) electrons.